The standard InChI is InChI=1S/C23H48NO9P/c1-2-3-4-5-6-7-8-9-10-11-12-13-14-15-22(28)33-21(16-25)17-31-34(29,30)32-20-23(24,18-26)19-27/h21,25-27H,2-20,24H2,1H3,(H,29,30)/t21-/m1/s1. The number of aliphatic hydroxyl groups excluding tert-OH is 3. The van der Waals surface area contributed by atoms with E-state index >= 15 is 0 Å². The minimum atomic E-state index is -4.58. The van der Waals surface area contributed by atoms with Crippen molar-refractivity contribution in [1.29, 1.82) is 0 Å². The van der Waals surface area contributed by atoms with Crippen molar-refractivity contribution in [2.75, 3.05) is 33.0 Å². The minimum absolute atomic E-state index is 0.199. The van der Waals surface area contributed by atoms with Crippen LogP contribution in [0.2, 0.25) is 0 Å². The van der Waals surface area contributed by atoms with Gasteiger partial charge in [0.25, 0.3) is 0 Å². The van der Waals surface area contributed by atoms with Gasteiger partial charge in [0, 0.05) is 6.42 Å². The van der Waals surface area contributed by atoms with Gasteiger partial charge < -0.3 is 30.7 Å². The molecule has 0 aromatic rings. The van der Waals surface area contributed by atoms with E-state index in [-0.39, 0.29) is 6.42 Å². The molecule has 0 bridgehead atoms. The Balaban J connectivity index is 3.84. The van der Waals surface area contributed by atoms with Gasteiger partial charge in [-0.15, -0.1) is 0 Å². The van der Waals surface area contributed by atoms with Gasteiger partial charge in [-0.05, 0) is 6.42 Å². The molecule has 0 rings (SSSR count). The number of ether oxygens (including phenoxy) is 1. The largest absolute Gasteiger partial charge is 0.472 e. The number of rotatable bonds is 24. The monoisotopic (exact) mass is 513 g/mol. The fraction of sp³-hybridized carbons (Fsp3) is 0.957. The molecular weight excluding hydrogens is 465 g/mol. The lowest BCUT2D eigenvalue weighted by atomic mass is 10.0. The van der Waals surface area contributed by atoms with Crippen LogP contribution < -0.4 is 5.73 Å². The van der Waals surface area contributed by atoms with E-state index in [1.165, 1.54) is 57.8 Å². The van der Waals surface area contributed by atoms with E-state index in [0.717, 1.165) is 19.3 Å². The lowest BCUT2D eigenvalue weighted by molar-refractivity contribution is -0.153. The maximum absolute atomic E-state index is 11.9. The lowest BCUT2D eigenvalue weighted by Gasteiger charge is -2.25. The Morgan fingerprint density at radius 3 is 1.76 bits per heavy atom. The molecule has 0 saturated carbocycles. The van der Waals surface area contributed by atoms with Crippen LogP contribution in [0.15, 0.2) is 0 Å². The van der Waals surface area contributed by atoms with Crippen LogP contribution in [0.25, 0.3) is 0 Å². The Morgan fingerprint density at radius 2 is 1.32 bits per heavy atom. The summed E-state index contributed by atoms with van der Waals surface area (Å²) in [6.45, 7) is -0.869. The van der Waals surface area contributed by atoms with E-state index in [4.69, 9.17) is 25.2 Å². The van der Waals surface area contributed by atoms with Crippen molar-refractivity contribution in [2.24, 2.45) is 5.73 Å². The minimum Gasteiger partial charge on any atom is -0.457 e. The first-order valence-electron chi connectivity index (χ1n) is 12.6. The zero-order valence-corrected chi connectivity index (χ0v) is 21.8. The van der Waals surface area contributed by atoms with Crippen LogP contribution in [0.1, 0.15) is 96.8 Å². The number of phosphoric acid groups is 1. The van der Waals surface area contributed by atoms with Crippen LogP contribution in [0.3, 0.4) is 0 Å². The maximum Gasteiger partial charge on any atom is 0.472 e. The molecule has 0 fully saturated rings. The molecule has 0 radical (unpaired) electrons. The highest BCUT2D eigenvalue weighted by Crippen LogP contribution is 2.43. The number of carbonyl (C=O) groups excluding carboxylic acids is 1. The summed E-state index contributed by atoms with van der Waals surface area (Å²) < 4.78 is 26.3. The van der Waals surface area contributed by atoms with Gasteiger partial charge in [0.1, 0.15) is 6.10 Å². The molecule has 34 heavy (non-hydrogen) atoms. The zero-order valence-electron chi connectivity index (χ0n) is 20.9. The molecule has 0 aliphatic rings. The van der Waals surface area contributed by atoms with Crippen molar-refractivity contribution in [2.45, 2.75) is 108 Å². The average Bonchev–Trinajstić information content (AvgIpc) is 2.83. The summed E-state index contributed by atoms with van der Waals surface area (Å²) in [5.41, 5.74) is 3.95. The molecule has 11 heteroatoms. The Hall–Kier alpha value is -0.580. The molecule has 0 aromatic carbocycles. The normalized spacial score (nSPS) is 14.6. The van der Waals surface area contributed by atoms with Crippen LogP contribution in [-0.2, 0) is 23.1 Å². The van der Waals surface area contributed by atoms with Gasteiger partial charge in [0.15, 0.2) is 0 Å². The molecule has 0 spiro atoms. The van der Waals surface area contributed by atoms with Gasteiger partial charge in [-0.1, -0.05) is 84.0 Å². The van der Waals surface area contributed by atoms with Crippen molar-refractivity contribution in [3.05, 3.63) is 0 Å². The first-order valence-corrected chi connectivity index (χ1v) is 14.1. The highest BCUT2D eigenvalue weighted by Gasteiger charge is 2.31. The summed E-state index contributed by atoms with van der Waals surface area (Å²) in [5, 5.41) is 27.5. The van der Waals surface area contributed by atoms with Crippen LogP contribution >= 0.6 is 7.82 Å². The summed E-state index contributed by atoms with van der Waals surface area (Å²) in [5.74, 6) is -0.513. The van der Waals surface area contributed by atoms with Crippen LogP contribution in [0, 0.1) is 0 Å². The van der Waals surface area contributed by atoms with Gasteiger partial charge >= 0.3 is 13.8 Å². The predicted octanol–water partition coefficient (Wildman–Crippen LogP) is 3.19. The Kier molecular flexibility index (Phi) is 20.2. The first kappa shape index (κ1) is 33.4. The van der Waals surface area contributed by atoms with Crippen molar-refractivity contribution in [1.82, 2.24) is 0 Å². The third-order valence-electron chi connectivity index (χ3n) is 5.55. The number of hydrogen-bond acceptors (Lipinski definition) is 9. The fourth-order valence-electron chi connectivity index (χ4n) is 3.22. The van der Waals surface area contributed by atoms with E-state index in [0.29, 0.717) is 6.42 Å². The summed E-state index contributed by atoms with van der Waals surface area (Å²) in [4.78, 5) is 21.6. The third kappa shape index (κ3) is 18.7. The summed E-state index contributed by atoms with van der Waals surface area (Å²) in [6, 6.07) is 0. The molecule has 6 N–H and O–H groups in total. The van der Waals surface area contributed by atoms with Gasteiger partial charge in [-0.25, -0.2) is 4.57 Å². The molecular formula is C23H48NO9P. The quantitative estimate of drug-likeness (QED) is 0.0734. The van der Waals surface area contributed by atoms with E-state index in [1.54, 1.807) is 0 Å². The van der Waals surface area contributed by atoms with Crippen LogP contribution in [-0.4, -0.2) is 70.9 Å². The molecule has 0 aliphatic heterocycles. The molecule has 1 unspecified atom stereocenters. The Morgan fingerprint density at radius 1 is 0.853 bits per heavy atom. The smallest absolute Gasteiger partial charge is 0.457 e. The van der Waals surface area contributed by atoms with Crippen molar-refractivity contribution < 1.29 is 43.4 Å². The number of hydrogen-bond donors (Lipinski definition) is 5. The van der Waals surface area contributed by atoms with Gasteiger partial charge in [0.05, 0.1) is 38.6 Å². The molecule has 0 aromatic heterocycles. The Bertz CT molecular complexity index is 547. The summed E-state index contributed by atoms with van der Waals surface area (Å²) >= 11 is 0. The molecule has 0 saturated heterocycles. The third-order valence-corrected chi connectivity index (χ3v) is 6.49. The second kappa shape index (κ2) is 20.6. The average molecular weight is 514 g/mol. The number of aliphatic hydroxyl groups is 3. The highest BCUT2D eigenvalue weighted by atomic mass is 31.2. The maximum atomic E-state index is 11.9. The number of nitrogens with two attached hydrogens (primary N) is 1. The van der Waals surface area contributed by atoms with Crippen LogP contribution in [0.5, 0.6) is 0 Å². The number of esters is 1. The van der Waals surface area contributed by atoms with Crippen molar-refractivity contribution in [3.8, 4) is 0 Å². The fourth-order valence-corrected chi connectivity index (χ4v) is 4.07. The lowest BCUT2D eigenvalue weighted by Crippen LogP contribution is -2.51. The molecule has 0 heterocycles. The van der Waals surface area contributed by atoms with Crippen molar-refractivity contribution in [3.63, 3.8) is 0 Å². The summed E-state index contributed by atoms with van der Waals surface area (Å²) in [6.07, 6.45) is 14.7. The van der Waals surface area contributed by atoms with E-state index in [2.05, 4.69) is 11.4 Å². The second-order valence-corrected chi connectivity index (χ2v) is 10.5. The van der Waals surface area contributed by atoms with Gasteiger partial charge in [-0.3, -0.25) is 13.8 Å². The van der Waals surface area contributed by atoms with Gasteiger partial charge in [-0.2, -0.15) is 0 Å². The number of carbonyl (C=O) groups is 1. The first-order chi connectivity index (χ1) is 16.2. The van der Waals surface area contributed by atoms with E-state index in [9.17, 15) is 19.4 Å². The number of unbranched alkanes of at least 4 members (excludes halogenated alkanes) is 12. The zero-order chi connectivity index (χ0) is 25.7. The molecule has 2 atom stereocenters. The van der Waals surface area contributed by atoms with E-state index in [1.807, 2.05) is 0 Å². The van der Waals surface area contributed by atoms with Crippen LogP contribution in [0.4, 0.5) is 0 Å². The Labute approximate surface area is 204 Å². The summed E-state index contributed by atoms with van der Waals surface area (Å²) in [7, 11) is -4.58. The molecule has 204 valence electrons. The highest BCUT2D eigenvalue weighted by molar-refractivity contribution is 7.47. The predicted molar refractivity (Wildman–Crippen MR) is 130 cm³/mol. The SMILES string of the molecule is CCCCCCCCCCCCCCCC(=O)O[C@H](CO)COP(=O)(O)OCC(N)(CO)CO. The molecule has 10 nitrogen and oxygen atoms in total. The topological polar surface area (TPSA) is 169 Å². The molecule has 0 amide bonds. The van der Waals surface area contributed by atoms with Gasteiger partial charge in [0.2, 0.25) is 0 Å². The second-order valence-electron chi connectivity index (χ2n) is 9.00. The van der Waals surface area contributed by atoms with E-state index < -0.39 is 58.5 Å². The number of phosphoric ester groups is 1. The van der Waals surface area contributed by atoms with Crippen molar-refractivity contribution >= 4 is 13.8 Å². The molecule has 0 aliphatic carbocycles.